The maximum atomic E-state index is 11.5. The van der Waals surface area contributed by atoms with Crippen LogP contribution in [0.5, 0.6) is 0 Å². The number of aryl methyl sites for hydroxylation is 1. The van der Waals surface area contributed by atoms with Gasteiger partial charge in [-0.25, -0.2) is 4.79 Å². The third-order valence-electron chi connectivity index (χ3n) is 3.48. The lowest BCUT2D eigenvalue weighted by Crippen LogP contribution is -2.06. The summed E-state index contributed by atoms with van der Waals surface area (Å²) in [6.45, 7) is 2.62. The van der Waals surface area contributed by atoms with Gasteiger partial charge in [-0.1, -0.05) is 12.1 Å². The Morgan fingerprint density at radius 2 is 2.19 bits per heavy atom. The van der Waals surface area contributed by atoms with Crippen LogP contribution in [0.15, 0.2) is 35.7 Å². The molecule has 21 heavy (non-hydrogen) atoms. The lowest BCUT2D eigenvalue weighted by Gasteiger charge is -2.08. The second-order valence-electron chi connectivity index (χ2n) is 4.85. The summed E-state index contributed by atoms with van der Waals surface area (Å²) < 4.78 is 10.1. The summed E-state index contributed by atoms with van der Waals surface area (Å²) in [5.41, 5.74) is 7.80. The molecule has 2 rings (SSSR count). The van der Waals surface area contributed by atoms with Crippen LogP contribution in [0.1, 0.15) is 29.3 Å². The highest BCUT2D eigenvalue weighted by molar-refractivity contribution is 5.89. The molecule has 1 aromatic carbocycles. The van der Waals surface area contributed by atoms with E-state index in [-0.39, 0.29) is 17.8 Å². The zero-order valence-corrected chi connectivity index (χ0v) is 12.0. The predicted molar refractivity (Wildman–Crippen MR) is 77.0 cm³/mol. The second kappa shape index (κ2) is 6.80. The Balaban J connectivity index is 1.93. The largest absolute Gasteiger partial charge is 0.478 e. The third kappa shape index (κ3) is 3.54. The van der Waals surface area contributed by atoms with E-state index >= 15 is 0 Å². The van der Waals surface area contributed by atoms with Gasteiger partial charge in [0.05, 0.1) is 24.4 Å². The molecule has 0 aliphatic carbocycles. The first-order chi connectivity index (χ1) is 10.2. The summed E-state index contributed by atoms with van der Waals surface area (Å²) in [4.78, 5) is 11.5. The lowest BCUT2D eigenvalue weighted by atomic mass is 9.94. The van der Waals surface area contributed by atoms with Crippen LogP contribution >= 0.6 is 0 Å². The van der Waals surface area contributed by atoms with Crippen LogP contribution in [0.25, 0.3) is 0 Å². The van der Waals surface area contributed by atoms with Crippen LogP contribution in [-0.2, 0) is 15.9 Å². The van der Waals surface area contributed by atoms with E-state index < -0.39 is 0 Å². The molecule has 0 amide bonds. The molecule has 2 N–H and O–H groups in total. The highest BCUT2D eigenvalue weighted by atomic mass is 16.5. The van der Waals surface area contributed by atoms with Crippen molar-refractivity contribution >= 4 is 5.97 Å². The molecule has 0 fully saturated rings. The molecule has 1 aromatic rings. The minimum absolute atomic E-state index is 0.0553. The number of ether oxygens (including phenoxy) is 2. The van der Waals surface area contributed by atoms with E-state index in [1.165, 1.54) is 0 Å². The maximum Gasteiger partial charge on any atom is 0.338 e. The van der Waals surface area contributed by atoms with Crippen molar-refractivity contribution in [3.05, 3.63) is 46.8 Å². The Morgan fingerprint density at radius 3 is 2.81 bits per heavy atom. The van der Waals surface area contributed by atoms with Crippen molar-refractivity contribution in [2.75, 3.05) is 13.2 Å². The number of nitrogens with zero attached hydrogens (tertiary/aromatic N) is 1. The Kier molecular flexibility index (Phi) is 4.83. The fourth-order valence-corrected chi connectivity index (χ4v) is 2.29. The molecule has 0 saturated heterocycles. The molecule has 0 bridgehead atoms. The molecule has 0 aromatic heterocycles. The summed E-state index contributed by atoms with van der Waals surface area (Å²) in [5.74, 6) is -0.00407. The number of benzene rings is 1. The SMILES string of the molecule is CCOC(=O)c1ccc(CCC2COC(N)=C2C#N)cc1. The average Bonchev–Trinajstić information content (AvgIpc) is 2.86. The molecule has 5 heteroatoms. The van der Waals surface area contributed by atoms with E-state index in [0.29, 0.717) is 24.4 Å². The van der Waals surface area contributed by atoms with Gasteiger partial charge in [-0.05, 0) is 37.5 Å². The van der Waals surface area contributed by atoms with E-state index in [4.69, 9.17) is 20.5 Å². The minimum atomic E-state index is -0.310. The van der Waals surface area contributed by atoms with Crippen molar-refractivity contribution in [1.29, 1.82) is 5.26 Å². The van der Waals surface area contributed by atoms with Crippen molar-refractivity contribution in [3.63, 3.8) is 0 Å². The van der Waals surface area contributed by atoms with Crippen molar-refractivity contribution in [1.82, 2.24) is 0 Å². The van der Waals surface area contributed by atoms with E-state index in [1.54, 1.807) is 19.1 Å². The molecular weight excluding hydrogens is 268 g/mol. The molecule has 0 saturated carbocycles. The van der Waals surface area contributed by atoms with Crippen LogP contribution in [0.4, 0.5) is 0 Å². The van der Waals surface area contributed by atoms with Gasteiger partial charge in [0.1, 0.15) is 6.07 Å². The Morgan fingerprint density at radius 1 is 1.48 bits per heavy atom. The molecule has 5 nitrogen and oxygen atoms in total. The Labute approximate surface area is 124 Å². The van der Waals surface area contributed by atoms with Crippen molar-refractivity contribution in [2.45, 2.75) is 19.8 Å². The van der Waals surface area contributed by atoms with Gasteiger partial charge in [-0.3, -0.25) is 0 Å². The number of rotatable bonds is 5. The first kappa shape index (κ1) is 14.9. The summed E-state index contributed by atoms with van der Waals surface area (Å²) in [5, 5.41) is 9.03. The third-order valence-corrected chi connectivity index (χ3v) is 3.48. The number of hydrogen-bond acceptors (Lipinski definition) is 5. The van der Waals surface area contributed by atoms with Crippen LogP contribution in [0, 0.1) is 17.2 Å². The molecule has 1 atom stereocenters. The second-order valence-corrected chi connectivity index (χ2v) is 4.85. The molecule has 0 radical (unpaired) electrons. The summed E-state index contributed by atoms with van der Waals surface area (Å²) in [6.07, 6.45) is 1.60. The van der Waals surface area contributed by atoms with E-state index in [0.717, 1.165) is 18.4 Å². The van der Waals surface area contributed by atoms with Gasteiger partial charge in [-0.15, -0.1) is 0 Å². The first-order valence-corrected chi connectivity index (χ1v) is 6.94. The van der Waals surface area contributed by atoms with E-state index in [1.807, 2.05) is 12.1 Å². The molecule has 110 valence electrons. The van der Waals surface area contributed by atoms with E-state index in [2.05, 4.69) is 6.07 Å². The van der Waals surface area contributed by atoms with Gasteiger partial charge < -0.3 is 15.2 Å². The molecule has 0 spiro atoms. The van der Waals surface area contributed by atoms with Crippen LogP contribution in [0.3, 0.4) is 0 Å². The molecular formula is C16H18N2O3. The highest BCUT2D eigenvalue weighted by Crippen LogP contribution is 2.26. The van der Waals surface area contributed by atoms with Crippen molar-refractivity contribution < 1.29 is 14.3 Å². The number of carbonyl (C=O) groups is 1. The average molecular weight is 286 g/mol. The monoisotopic (exact) mass is 286 g/mol. The number of carbonyl (C=O) groups excluding carboxylic acids is 1. The lowest BCUT2D eigenvalue weighted by molar-refractivity contribution is 0.0526. The van der Waals surface area contributed by atoms with Crippen LogP contribution in [0.2, 0.25) is 0 Å². The predicted octanol–water partition coefficient (Wildman–Crippen LogP) is 2.14. The minimum Gasteiger partial charge on any atom is -0.478 e. The maximum absolute atomic E-state index is 11.5. The van der Waals surface area contributed by atoms with Gasteiger partial charge in [0.25, 0.3) is 0 Å². The summed E-state index contributed by atoms with van der Waals surface area (Å²) >= 11 is 0. The smallest absolute Gasteiger partial charge is 0.338 e. The standard InChI is InChI=1S/C16H18N2O3/c1-2-20-16(19)12-6-3-11(4-7-12)5-8-13-10-21-15(18)14(13)9-17/h3-4,6-7,13H,2,5,8,10,18H2,1H3. The number of hydrogen-bond donors (Lipinski definition) is 1. The Hall–Kier alpha value is -2.48. The molecule has 1 heterocycles. The van der Waals surface area contributed by atoms with Gasteiger partial charge >= 0.3 is 5.97 Å². The zero-order valence-electron chi connectivity index (χ0n) is 12.0. The van der Waals surface area contributed by atoms with Gasteiger partial charge in [-0.2, -0.15) is 5.26 Å². The number of nitriles is 1. The van der Waals surface area contributed by atoms with Crippen LogP contribution < -0.4 is 5.73 Å². The van der Waals surface area contributed by atoms with Crippen LogP contribution in [-0.4, -0.2) is 19.2 Å². The summed E-state index contributed by atoms with van der Waals surface area (Å²) in [7, 11) is 0. The molecule has 1 unspecified atom stereocenters. The first-order valence-electron chi connectivity index (χ1n) is 6.94. The summed E-state index contributed by atoms with van der Waals surface area (Å²) in [6, 6.07) is 9.43. The highest BCUT2D eigenvalue weighted by Gasteiger charge is 2.25. The topological polar surface area (TPSA) is 85.3 Å². The van der Waals surface area contributed by atoms with Crippen molar-refractivity contribution in [3.8, 4) is 6.07 Å². The normalized spacial score (nSPS) is 17.2. The number of esters is 1. The fraction of sp³-hybridized carbons (Fsp3) is 0.375. The Bertz CT molecular complexity index is 585. The molecule has 1 aliphatic rings. The fourth-order valence-electron chi connectivity index (χ4n) is 2.29. The molecule has 1 aliphatic heterocycles. The zero-order chi connectivity index (χ0) is 15.2. The number of nitrogens with two attached hydrogens (primary N) is 1. The van der Waals surface area contributed by atoms with E-state index in [9.17, 15) is 4.79 Å². The van der Waals surface area contributed by atoms with Crippen molar-refractivity contribution in [2.24, 2.45) is 11.7 Å². The van der Waals surface area contributed by atoms with Gasteiger partial charge in [0.15, 0.2) is 5.88 Å². The van der Waals surface area contributed by atoms with Gasteiger partial charge in [0, 0.05) is 5.92 Å². The van der Waals surface area contributed by atoms with Gasteiger partial charge in [0.2, 0.25) is 0 Å². The quantitative estimate of drug-likeness (QED) is 0.838.